The summed E-state index contributed by atoms with van der Waals surface area (Å²) < 4.78 is 24.8. The summed E-state index contributed by atoms with van der Waals surface area (Å²) in [5, 5.41) is 9.58. The molecule has 1 aliphatic carbocycles. The normalized spacial score (nSPS) is 33.8. The summed E-state index contributed by atoms with van der Waals surface area (Å²) in [5.74, 6) is -1.46. The molecule has 0 aromatic heterocycles. The molecule has 0 bridgehead atoms. The standard InChI is InChI=1S/C7H14O4S.Na/c1-6(2)3-4-7(8,5-6)11-12(9)10;/h8H,3-5H2,1-2H3,(H,9,10);/q;+1/p-1. The molecule has 0 spiro atoms. The summed E-state index contributed by atoms with van der Waals surface area (Å²) in [6, 6.07) is 0. The Bertz CT molecular complexity index is 209. The average molecular weight is 216 g/mol. The van der Waals surface area contributed by atoms with Gasteiger partial charge in [-0.1, -0.05) is 13.8 Å². The van der Waals surface area contributed by atoms with E-state index in [1.54, 1.807) is 0 Å². The van der Waals surface area contributed by atoms with Gasteiger partial charge in [-0.3, -0.25) is 4.18 Å². The molecule has 0 aliphatic heterocycles. The Hall–Kier alpha value is 1.03. The molecule has 13 heavy (non-hydrogen) atoms. The van der Waals surface area contributed by atoms with Crippen molar-refractivity contribution >= 4 is 11.4 Å². The molecule has 2 atom stereocenters. The predicted molar refractivity (Wildman–Crippen MR) is 42.6 cm³/mol. The first-order chi connectivity index (χ1) is 5.33. The van der Waals surface area contributed by atoms with Crippen LogP contribution >= 0.6 is 0 Å². The van der Waals surface area contributed by atoms with E-state index in [1.165, 1.54) is 0 Å². The molecule has 1 rings (SSSR count). The van der Waals surface area contributed by atoms with Crippen molar-refractivity contribution in [1.82, 2.24) is 0 Å². The molecule has 6 heteroatoms. The van der Waals surface area contributed by atoms with E-state index < -0.39 is 17.1 Å². The average Bonchev–Trinajstić information content (AvgIpc) is 2.03. The monoisotopic (exact) mass is 216 g/mol. The SMILES string of the molecule is CC1(C)CCC(O)(OS(=O)[O-])C1.[Na+]. The third kappa shape index (κ3) is 4.38. The Balaban J connectivity index is 0.00000144. The second kappa shape index (κ2) is 4.70. The van der Waals surface area contributed by atoms with Gasteiger partial charge in [0.1, 0.15) is 0 Å². The van der Waals surface area contributed by atoms with Gasteiger partial charge in [0.15, 0.2) is 5.79 Å². The predicted octanol–water partition coefficient (Wildman–Crippen LogP) is -2.30. The topological polar surface area (TPSA) is 69.6 Å². The van der Waals surface area contributed by atoms with Crippen molar-refractivity contribution in [3.05, 3.63) is 0 Å². The van der Waals surface area contributed by atoms with Crippen molar-refractivity contribution in [2.24, 2.45) is 5.41 Å². The molecule has 1 saturated carbocycles. The van der Waals surface area contributed by atoms with Crippen molar-refractivity contribution in [1.29, 1.82) is 0 Å². The Morgan fingerprint density at radius 2 is 2.00 bits per heavy atom. The first-order valence-electron chi connectivity index (χ1n) is 3.84. The van der Waals surface area contributed by atoms with Gasteiger partial charge in [-0.25, -0.2) is 4.21 Å². The molecular formula is C7H13NaO4S. The third-order valence-electron chi connectivity index (χ3n) is 2.17. The van der Waals surface area contributed by atoms with E-state index in [1.807, 2.05) is 13.8 Å². The van der Waals surface area contributed by atoms with E-state index in [2.05, 4.69) is 4.18 Å². The van der Waals surface area contributed by atoms with Crippen molar-refractivity contribution < 1.29 is 47.6 Å². The van der Waals surface area contributed by atoms with Crippen LogP contribution in [0.5, 0.6) is 0 Å². The molecule has 72 valence electrons. The van der Waals surface area contributed by atoms with Crippen LogP contribution in [-0.4, -0.2) is 19.7 Å². The summed E-state index contributed by atoms with van der Waals surface area (Å²) in [5.41, 5.74) is -0.0336. The fraction of sp³-hybridized carbons (Fsp3) is 1.00. The van der Waals surface area contributed by atoms with Crippen molar-refractivity contribution in [2.75, 3.05) is 0 Å². The molecule has 0 heterocycles. The summed E-state index contributed by atoms with van der Waals surface area (Å²) in [7, 11) is 0. The molecule has 0 aromatic rings. The van der Waals surface area contributed by atoms with Gasteiger partial charge in [0, 0.05) is 12.8 Å². The van der Waals surface area contributed by atoms with Crippen LogP contribution in [0.15, 0.2) is 0 Å². The molecule has 0 amide bonds. The second-order valence-electron chi connectivity index (χ2n) is 4.07. The fourth-order valence-electron chi connectivity index (χ4n) is 1.66. The number of rotatable bonds is 2. The van der Waals surface area contributed by atoms with Crippen LogP contribution in [-0.2, 0) is 15.5 Å². The molecule has 2 unspecified atom stereocenters. The molecule has 4 nitrogen and oxygen atoms in total. The number of hydrogen-bond donors (Lipinski definition) is 1. The minimum absolute atomic E-state index is 0. The largest absolute Gasteiger partial charge is 1.00 e. The van der Waals surface area contributed by atoms with E-state index in [0.29, 0.717) is 12.8 Å². The van der Waals surface area contributed by atoms with Gasteiger partial charge in [-0.15, -0.1) is 0 Å². The Labute approximate surface area is 103 Å². The molecule has 1 fully saturated rings. The van der Waals surface area contributed by atoms with Crippen molar-refractivity contribution in [2.45, 2.75) is 38.9 Å². The van der Waals surface area contributed by atoms with E-state index in [9.17, 15) is 13.9 Å². The van der Waals surface area contributed by atoms with Crippen molar-refractivity contribution in [3.63, 3.8) is 0 Å². The Morgan fingerprint density at radius 1 is 1.46 bits per heavy atom. The molecule has 1 aliphatic rings. The van der Waals surface area contributed by atoms with E-state index in [0.717, 1.165) is 6.42 Å². The first kappa shape index (κ1) is 14.0. The van der Waals surface area contributed by atoms with E-state index in [4.69, 9.17) is 0 Å². The van der Waals surface area contributed by atoms with Gasteiger partial charge in [-0.05, 0) is 11.8 Å². The summed E-state index contributed by atoms with van der Waals surface area (Å²) in [6.07, 6.45) is 1.53. The number of hydrogen-bond acceptors (Lipinski definition) is 4. The van der Waals surface area contributed by atoms with Gasteiger partial charge in [-0.2, -0.15) is 0 Å². The Morgan fingerprint density at radius 3 is 2.31 bits per heavy atom. The van der Waals surface area contributed by atoms with Gasteiger partial charge < -0.3 is 9.66 Å². The zero-order valence-corrected chi connectivity index (χ0v) is 11.0. The molecular weight excluding hydrogens is 203 g/mol. The second-order valence-corrected chi connectivity index (χ2v) is 4.65. The summed E-state index contributed by atoms with van der Waals surface area (Å²) in [6.45, 7) is 3.95. The van der Waals surface area contributed by atoms with Gasteiger partial charge >= 0.3 is 29.6 Å². The van der Waals surface area contributed by atoms with Crippen LogP contribution in [0, 0.1) is 5.41 Å². The zero-order valence-electron chi connectivity index (χ0n) is 8.20. The van der Waals surface area contributed by atoms with E-state index >= 15 is 0 Å². The smallest absolute Gasteiger partial charge is 0.750 e. The van der Waals surface area contributed by atoms with Crippen LogP contribution < -0.4 is 29.6 Å². The van der Waals surface area contributed by atoms with Gasteiger partial charge in [0.2, 0.25) is 0 Å². The quantitative estimate of drug-likeness (QED) is 0.320. The zero-order chi connectivity index (χ0) is 9.41. The third-order valence-corrected chi connectivity index (χ3v) is 2.62. The summed E-state index contributed by atoms with van der Waals surface area (Å²) >= 11 is -2.63. The molecule has 0 aromatic carbocycles. The van der Waals surface area contributed by atoms with Crippen LogP contribution in [0.2, 0.25) is 0 Å². The fourth-order valence-corrected chi connectivity index (χ4v) is 2.05. The minimum Gasteiger partial charge on any atom is -0.750 e. The molecule has 0 radical (unpaired) electrons. The minimum atomic E-state index is -2.63. The van der Waals surface area contributed by atoms with Crippen LogP contribution in [0.3, 0.4) is 0 Å². The van der Waals surface area contributed by atoms with Crippen LogP contribution in [0.4, 0.5) is 0 Å². The molecule has 0 saturated heterocycles. The van der Waals surface area contributed by atoms with Gasteiger partial charge in [0.05, 0.1) is 11.4 Å². The maximum absolute atomic E-state index is 10.2. The van der Waals surface area contributed by atoms with Crippen LogP contribution in [0.1, 0.15) is 33.1 Å². The maximum Gasteiger partial charge on any atom is 1.00 e. The number of aliphatic hydroxyl groups is 1. The Kier molecular flexibility index (Phi) is 5.07. The summed E-state index contributed by atoms with van der Waals surface area (Å²) in [4.78, 5) is 0. The molecule has 1 N–H and O–H groups in total. The van der Waals surface area contributed by atoms with Gasteiger partial charge in [0.25, 0.3) is 0 Å². The van der Waals surface area contributed by atoms with Crippen LogP contribution in [0.25, 0.3) is 0 Å². The maximum atomic E-state index is 10.2. The van der Waals surface area contributed by atoms with Crippen molar-refractivity contribution in [3.8, 4) is 0 Å². The first-order valence-corrected chi connectivity index (χ1v) is 4.84. The van der Waals surface area contributed by atoms with E-state index in [-0.39, 0.29) is 35.0 Å².